The summed E-state index contributed by atoms with van der Waals surface area (Å²) in [6.45, 7) is 5.08. The van der Waals surface area contributed by atoms with Crippen LogP contribution in [0.25, 0.3) is 0 Å². The Balaban J connectivity index is 1.49. The van der Waals surface area contributed by atoms with Gasteiger partial charge in [-0.2, -0.15) is 5.10 Å². The minimum Gasteiger partial charge on any atom is -0.469 e. The first-order valence-corrected chi connectivity index (χ1v) is 10.0. The molecule has 0 aliphatic heterocycles. The van der Waals surface area contributed by atoms with Gasteiger partial charge < -0.3 is 13.3 Å². The number of nitrogens with zero attached hydrogens (tertiary/aromatic N) is 1. The largest absolute Gasteiger partial charge is 0.469 e. The lowest BCUT2D eigenvalue weighted by atomic mass is 9.93. The van der Waals surface area contributed by atoms with E-state index in [1.165, 1.54) is 18.6 Å². The zero-order valence-electron chi connectivity index (χ0n) is 17.8. The van der Waals surface area contributed by atoms with Gasteiger partial charge in [-0.1, -0.05) is 0 Å². The van der Waals surface area contributed by atoms with E-state index in [1.807, 2.05) is 0 Å². The quantitative estimate of drug-likeness (QED) is 0.535. The summed E-state index contributed by atoms with van der Waals surface area (Å²) in [5, 5.41) is 4.28. The molecule has 0 saturated heterocycles. The first-order chi connectivity index (χ1) is 15.4. The van der Waals surface area contributed by atoms with Crippen LogP contribution < -0.4 is 16.3 Å². The molecule has 1 aliphatic carbocycles. The first-order valence-electron chi connectivity index (χ1n) is 10.0. The number of hydrazone groups is 1. The molecule has 166 valence electrons. The molecule has 0 atom stereocenters. The SMILES string of the molecule is Cc1occc1C(=O)N/N=C1\CCCc2oc(C(=O)NNC(=O)c3ccoc3C)c(C)c21. The second kappa shape index (κ2) is 8.58. The maximum absolute atomic E-state index is 12.6. The number of carbonyl (C=O) groups is 3. The molecular formula is C22H22N4O6. The third-order valence-corrected chi connectivity index (χ3v) is 5.32. The van der Waals surface area contributed by atoms with E-state index in [4.69, 9.17) is 13.3 Å². The van der Waals surface area contributed by atoms with E-state index in [0.717, 1.165) is 6.42 Å². The van der Waals surface area contributed by atoms with Gasteiger partial charge in [-0.05, 0) is 45.7 Å². The van der Waals surface area contributed by atoms with Gasteiger partial charge in [0.15, 0.2) is 5.76 Å². The summed E-state index contributed by atoms with van der Waals surface area (Å²) in [6.07, 6.45) is 4.85. The van der Waals surface area contributed by atoms with Gasteiger partial charge in [0.25, 0.3) is 11.8 Å². The minimum absolute atomic E-state index is 0.0748. The van der Waals surface area contributed by atoms with Gasteiger partial charge in [0, 0.05) is 17.5 Å². The summed E-state index contributed by atoms with van der Waals surface area (Å²) in [5.74, 6) is 0.149. The Hall–Kier alpha value is -4.08. The van der Waals surface area contributed by atoms with Crippen LogP contribution in [0.1, 0.15) is 72.5 Å². The number of aryl methyl sites for hydroxylation is 3. The van der Waals surface area contributed by atoms with Gasteiger partial charge in [-0.25, -0.2) is 5.43 Å². The number of hydrogen-bond donors (Lipinski definition) is 3. The number of fused-ring (bicyclic) bond motifs is 1. The Morgan fingerprint density at radius 2 is 1.50 bits per heavy atom. The number of amides is 3. The lowest BCUT2D eigenvalue weighted by molar-refractivity contribution is 0.0828. The van der Waals surface area contributed by atoms with Crippen LogP contribution in [0.5, 0.6) is 0 Å². The molecule has 4 rings (SSSR count). The lowest BCUT2D eigenvalue weighted by Gasteiger charge is -2.13. The zero-order chi connectivity index (χ0) is 22.8. The molecule has 1 aliphatic rings. The second-order valence-corrected chi connectivity index (χ2v) is 7.40. The van der Waals surface area contributed by atoms with Crippen molar-refractivity contribution in [3.8, 4) is 0 Å². The van der Waals surface area contributed by atoms with Gasteiger partial charge in [-0.15, -0.1) is 0 Å². The molecule has 10 nitrogen and oxygen atoms in total. The topological polar surface area (TPSA) is 139 Å². The highest BCUT2D eigenvalue weighted by Gasteiger charge is 2.28. The van der Waals surface area contributed by atoms with Gasteiger partial charge in [-0.3, -0.25) is 25.2 Å². The molecule has 0 aromatic carbocycles. The molecule has 3 aromatic rings. The fourth-order valence-electron chi connectivity index (χ4n) is 3.65. The summed E-state index contributed by atoms with van der Waals surface area (Å²) in [7, 11) is 0. The van der Waals surface area contributed by atoms with Crippen LogP contribution in [-0.2, 0) is 6.42 Å². The number of hydrazine groups is 1. The van der Waals surface area contributed by atoms with E-state index >= 15 is 0 Å². The number of nitrogens with one attached hydrogen (secondary N) is 3. The number of hydrogen-bond acceptors (Lipinski definition) is 7. The van der Waals surface area contributed by atoms with Crippen molar-refractivity contribution in [2.24, 2.45) is 5.10 Å². The van der Waals surface area contributed by atoms with Crippen LogP contribution in [0.4, 0.5) is 0 Å². The van der Waals surface area contributed by atoms with E-state index < -0.39 is 11.8 Å². The lowest BCUT2D eigenvalue weighted by Crippen LogP contribution is -2.41. The molecule has 3 aromatic heterocycles. The Kier molecular flexibility index (Phi) is 5.67. The van der Waals surface area contributed by atoms with E-state index in [2.05, 4.69) is 21.4 Å². The molecule has 3 N–H and O–H groups in total. The van der Waals surface area contributed by atoms with Gasteiger partial charge in [0.2, 0.25) is 0 Å². The first kappa shape index (κ1) is 21.2. The Morgan fingerprint density at radius 3 is 2.12 bits per heavy atom. The molecular weight excluding hydrogens is 416 g/mol. The smallest absolute Gasteiger partial charge is 0.305 e. The van der Waals surface area contributed by atoms with Crippen LogP contribution in [0.15, 0.2) is 43.0 Å². The van der Waals surface area contributed by atoms with Gasteiger partial charge >= 0.3 is 5.91 Å². The van der Waals surface area contributed by atoms with Crippen molar-refractivity contribution >= 4 is 23.4 Å². The number of rotatable bonds is 4. The molecule has 32 heavy (non-hydrogen) atoms. The molecule has 0 unspecified atom stereocenters. The fraction of sp³-hybridized carbons (Fsp3) is 0.273. The minimum atomic E-state index is -0.594. The van der Waals surface area contributed by atoms with Crippen molar-refractivity contribution in [3.05, 3.63) is 70.0 Å². The molecule has 10 heteroatoms. The molecule has 3 heterocycles. The monoisotopic (exact) mass is 438 g/mol. The molecule has 0 spiro atoms. The highest BCUT2D eigenvalue weighted by molar-refractivity contribution is 6.07. The van der Waals surface area contributed by atoms with Crippen molar-refractivity contribution in [1.29, 1.82) is 0 Å². The Labute approximate surface area is 183 Å². The highest BCUT2D eigenvalue weighted by Crippen LogP contribution is 2.29. The van der Waals surface area contributed by atoms with E-state index in [1.54, 1.807) is 26.8 Å². The summed E-state index contributed by atoms with van der Waals surface area (Å²) in [4.78, 5) is 37.2. The number of carbonyl (C=O) groups excluding carboxylic acids is 3. The summed E-state index contributed by atoms with van der Waals surface area (Å²) < 4.78 is 16.0. The predicted octanol–water partition coefficient (Wildman–Crippen LogP) is 2.94. The maximum Gasteiger partial charge on any atom is 0.305 e. The molecule has 0 bridgehead atoms. The third kappa shape index (κ3) is 3.94. The van der Waals surface area contributed by atoms with Gasteiger partial charge in [0.05, 0.1) is 29.4 Å². The third-order valence-electron chi connectivity index (χ3n) is 5.32. The predicted molar refractivity (Wildman–Crippen MR) is 112 cm³/mol. The van der Waals surface area contributed by atoms with E-state index in [-0.39, 0.29) is 11.7 Å². The number of furan rings is 3. The van der Waals surface area contributed by atoms with Crippen LogP contribution in [0, 0.1) is 20.8 Å². The second-order valence-electron chi connectivity index (χ2n) is 7.40. The Morgan fingerprint density at radius 1 is 0.875 bits per heavy atom. The molecule has 3 amide bonds. The van der Waals surface area contributed by atoms with Crippen molar-refractivity contribution < 1.29 is 27.6 Å². The standard InChI is InChI=1S/C22H22N4O6/c1-11-18-16(23-24-20(27)14-7-9-30-12(14)2)5-4-6-17(18)32-19(11)22(29)26-25-21(28)15-8-10-31-13(15)3/h7-10H,4-6H2,1-3H3,(H,24,27)(H,25,28)(H,26,29)/b23-16+. The van der Waals surface area contributed by atoms with Crippen molar-refractivity contribution in [3.63, 3.8) is 0 Å². The van der Waals surface area contributed by atoms with Crippen molar-refractivity contribution in [2.45, 2.75) is 40.0 Å². The molecule has 0 fully saturated rings. The fourth-order valence-corrected chi connectivity index (χ4v) is 3.65. The normalized spacial score (nSPS) is 14.2. The van der Waals surface area contributed by atoms with Crippen LogP contribution in [0.2, 0.25) is 0 Å². The maximum atomic E-state index is 12.6. The van der Waals surface area contributed by atoms with E-state index in [9.17, 15) is 14.4 Å². The van der Waals surface area contributed by atoms with Gasteiger partial charge in [0.1, 0.15) is 17.3 Å². The van der Waals surface area contributed by atoms with Crippen LogP contribution in [0.3, 0.4) is 0 Å². The summed E-state index contributed by atoms with van der Waals surface area (Å²) >= 11 is 0. The Bertz CT molecular complexity index is 1230. The zero-order valence-corrected chi connectivity index (χ0v) is 17.8. The van der Waals surface area contributed by atoms with Crippen molar-refractivity contribution in [1.82, 2.24) is 16.3 Å². The average Bonchev–Trinajstić information content (AvgIpc) is 3.49. The summed E-state index contributed by atoms with van der Waals surface area (Å²) in [5.41, 5.74) is 9.88. The molecule has 0 saturated carbocycles. The van der Waals surface area contributed by atoms with Crippen LogP contribution >= 0.6 is 0 Å². The summed E-state index contributed by atoms with van der Waals surface area (Å²) in [6, 6.07) is 3.08. The van der Waals surface area contributed by atoms with E-state index in [0.29, 0.717) is 58.1 Å². The highest BCUT2D eigenvalue weighted by atomic mass is 16.4. The average molecular weight is 438 g/mol. The molecule has 0 radical (unpaired) electrons. The van der Waals surface area contributed by atoms with Crippen LogP contribution in [-0.4, -0.2) is 23.4 Å². The van der Waals surface area contributed by atoms with Crippen molar-refractivity contribution in [2.75, 3.05) is 0 Å².